The van der Waals surface area contributed by atoms with Crippen molar-refractivity contribution in [1.29, 1.82) is 0 Å². The molecule has 11 nitrogen and oxygen atoms in total. The van der Waals surface area contributed by atoms with E-state index in [1.54, 1.807) is 0 Å². The summed E-state index contributed by atoms with van der Waals surface area (Å²) in [5.41, 5.74) is 46.2. The van der Waals surface area contributed by atoms with E-state index in [1.807, 2.05) is 83.1 Å². The van der Waals surface area contributed by atoms with Crippen molar-refractivity contribution in [3.63, 3.8) is 0 Å². The zero-order chi connectivity index (χ0) is 72.4. The van der Waals surface area contributed by atoms with Gasteiger partial charge in [-0.2, -0.15) is 20.4 Å². The lowest BCUT2D eigenvalue weighted by atomic mass is 9.90. The number of furan rings is 2. The summed E-state index contributed by atoms with van der Waals surface area (Å²) in [6, 6.07) is 0. The molecule has 0 aliphatic rings. The molecule has 0 aliphatic heterocycles. The van der Waals surface area contributed by atoms with E-state index in [4.69, 9.17) is 8.83 Å². The molecule has 0 N–H and O–H groups in total. The van der Waals surface area contributed by atoms with Gasteiger partial charge in [0.15, 0.2) is 0 Å². The first kappa shape index (κ1) is 83.5. The number of hydrogen-bond acceptors (Lipinski definition) is 11. The Morgan fingerprint density at radius 3 is 0.344 bits per heavy atom. The van der Waals surface area contributed by atoms with Gasteiger partial charge in [-0.25, -0.2) is 0 Å². The second kappa shape index (κ2) is 36.8. The van der Waals surface area contributed by atoms with Crippen LogP contribution >= 0.6 is 0 Å². The molecular formula is C82H123N9O2. The van der Waals surface area contributed by atoms with E-state index in [9.17, 15) is 0 Å². The molecule has 0 radical (unpaired) electrons. The van der Waals surface area contributed by atoms with Crippen molar-refractivity contribution in [1.82, 2.24) is 45.3 Å². The summed E-state index contributed by atoms with van der Waals surface area (Å²) in [4.78, 5) is 21.9. The molecule has 1 aromatic carbocycles. The van der Waals surface area contributed by atoms with Crippen LogP contribution in [0.25, 0.3) is 0 Å². The van der Waals surface area contributed by atoms with Gasteiger partial charge in [-0.15, -0.1) is 0 Å². The highest BCUT2D eigenvalue weighted by molar-refractivity contribution is 5.49. The first-order chi connectivity index (χ1) is 42.7. The number of hydrogen-bond donors (Lipinski definition) is 0. The van der Waals surface area contributed by atoms with Crippen LogP contribution in [0.3, 0.4) is 0 Å². The normalized spacial score (nSPS) is 10.2. The van der Waals surface area contributed by atoms with Gasteiger partial charge >= 0.3 is 0 Å². The maximum absolute atomic E-state index is 5.34. The van der Waals surface area contributed by atoms with Crippen LogP contribution in [-0.2, 0) is 0 Å². The average Bonchev–Trinajstić information content (AvgIpc) is 1.81. The van der Waals surface area contributed by atoms with Crippen molar-refractivity contribution in [2.45, 2.75) is 284 Å². The fraction of sp³-hybridized carbons (Fsp3) is 0.500. The lowest BCUT2D eigenvalue weighted by molar-refractivity contribution is 0.500. The highest BCUT2D eigenvalue weighted by Gasteiger charge is 2.11. The second-order valence-electron chi connectivity index (χ2n) is 26.0. The van der Waals surface area contributed by atoms with Gasteiger partial charge < -0.3 is 8.83 Å². The highest BCUT2D eigenvalue weighted by Crippen LogP contribution is 2.26. The summed E-state index contributed by atoms with van der Waals surface area (Å²) in [5.74, 6) is 4.19. The van der Waals surface area contributed by atoms with Gasteiger partial charge in [0.1, 0.15) is 23.0 Å². The molecule has 0 spiro atoms. The van der Waals surface area contributed by atoms with Crippen LogP contribution in [0.4, 0.5) is 0 Å². The Balaban J connectivity index is 0.000000524. The van der Waals surface area contributed by atoms with Gasteiger partial charge in [-0.1, -0.05) is 0 Å². The fourth-order valence-electron chi connectivity index (χ4n) is 9.75. The predicted molar refractivity (Wildman–Crippen MR) is 397 cm³/mol. The molecule has 8 aromatic heterocycles. The molecule has 0 saturated heterocycles. The van der Waals surface area contributed by atoms with Crippen LogP contribution in [0, 0.1) is 284 Å². The zero-order valence-electron chi connectivity index (χ0n) is 66.3. The number of nitrogens with zero attached hydrogens (tertiary/aromatic N) is 9. The van der Waals surface area contributed by atoms with Crippen molar-refractivity contribution in [2.75, 3.05) is 0 Å². The van der Waals surface area contributed by atoms with Crippen molar-refractivity contribution < 1.29 is 8.83 Å². The van der Waals surface area contributed by atoms with E-state index < -0.39 is 0 Å². The molecule has 9 aromatic rings. The highest BCUT2D eigenvalue weighted by atomic mass is 16.3. The molecule has 0 bridgehead atoms. The first-order valence-corrected chi connectivity index (χ1v) is 32.8. The Bertz CT molecular complexity index is 3450. The van der Waals surface area contributed by atoms with Crippen molar-refractivity contribution in [3.8, 4) is 0 Å². The average molecular weight is 1270 g/mol. The SMILES string of the molecule is Cc1c(C)c(C)c(C)c(C)c1C.Cc1nc(C)c(C)c(C)c1C.Cc1nc(C)c(C)c(C)c1C.Cc1nc(C)c(C)c(C)c1C.Cc1nc(C)c(C)nc1C.Cc1nnc(C)c(C)c1C.Cc1nnc(C)c(C)c1C.Cc1oc(C)c(C)c1C.Cc1oc(C)c(C)c1C. The number of aryl methyl sites for hydroxylation is 18. The van der Waals surface area contributed by atoms with Crippen LogP contribution < -0.4 is 0 Å². The number of rotatable bonds is 0. The first-order valence-electron chi connectivity index (χ1n) is 32.8. The second-order valence-corrected chi connectivity index (χ2v) is 26.0. The lowest BCUT2D eigenvalue weighted by Gasteiger charge is -2.15. The summed E-state index contributed by atoms with van der Waals surface area (Å²) in [6.45, 7) is 85.4. The Labute approximate surface area is 565 Å². The van der Waals surface area contributed by atoms with Crippen molar-refractivity contribution in [3.05, 3.63) is 231 Å². The topological polar surface area (TPSA) is 142 Å². The van der Waals surface area contributed by atoms with E-state index in [1.165, 1.54) is 128 Å². The zero-order valence-corrected chi connectivity index (χ0v) is 66.3. The summed E-state index contributed by atoms with van der Waals surface area (Å²) in [7, 11) is 0. The largest absolute Gasteiger partial charge is 0.466 e. The standard InChI is InChI=1S/C12H18.3C10H15N.3C8H12N2.2C8H12O/c1-7-8(2)10(4)12(6)11(5)9(7)3;3*1-6-7(2)9(4)11-10(5)8(6)3;1-5-6(2)10-8(4)7(3)9-5;2*1-5-6(2)8(4)10-9-7(5)3;2*1-5-6(2)8(4)9-7(5)3/h1-6H3;3*1-5H3;3*1-4H3;2*1-4H3. The minimum absolute atomic E-state index is 1.03. The third-order valence-corrected chi connectivity index (χ3v) is 20.6. The molecule has 0 aliphatic carbocycles. The third kappa shape index (κ3) is 22.9. The van der Waals surface area contributed by atoms with Crippen molar-refractivity contribution in [2.24, 2.45) is 0 Å². The number of aromatic nitrogens is 9. The minimum Gasteiger partial charge on any atom is -0.466 e. The van der Waals surface area contributed by atoms with E-state index in [0.29, 0.717) is 0 Å². The molecule has 8 heterocycles. The molecule has 9 rings (SSSR count). The molecule has 0 amide bonds. The van der Waals surface area contributed by atoms with Crippen LogP contribution in [0.2, 0.25) is 0 Å². The molecule has 0 unspecified atom stereocenters. The summed E-state index contributed by atoms with van der Waals surface area (Å²) in [6.07, 6.45) is 0. The Morgan fingerprint density at radius 2 is 0.226 bits per heavy atom. The fourth-order valence-corrected chi connectivity index (χ4v) is 9.75. The third-order valence-electron chi connectivity index (χ3n) is 20.6. The molecule has 0 saturated carbocycles. The van der Waals surface area contributed by atoms with Gasteiger partial charge in [-0.3, -0.25) is 24.9 Å². The quantitative estimate of drug-likeness (QED) is 0.143. The van der Waals surface area contributed by atoms with Gasteiger partial charge in [-0.05, 0) is 412 Å². The minimum atomic E-state index is 1.03. The van der Waals surface area contributed by atoms with Gasteiger partial charge in [0, 0.05) is 34.2 Å². The maximum atomic E-state index is 5.34. The number of benzene rings is 1. The predicted octanol–water partition coefficient (Wildman–Crippen LogP) is 21.6. The van der Waals surface area contributed by atoms with E-state index in [-0.39, 0.29) is 0 Å². The molecule has 0 fully saturated rings. The van der Waals surface area contributed by atoms with Gasteiger partial charge in [0.05, 0.1) is 45.6 Å². The van der Waals surface area contributed by atoms with E-state index >= 15 is 0 Å². The molecule has 508 valence electrons. The van der Waals surface area contributed by atoms with Crippen LogP contribution in [-0.4, -0.2) is 45.3 Å². The Morgan fingerprint density at radius 1 is 0.118 bits per heavy atom. The molecule has 93 heavy (non-hydrogen) atoms. The Kier molecular flexibility index (Phi) is 33.0. The maximum Gasteiger partial charge on any atom is 0.104 e. The molecular weight excluding hydrogens is 1140 g/mol. The van der Waals surface area contributed by atoms with E-state index in [0.717, 1.165) is 103 Å². The smallest absolute Gasteiger partial charge is 0.104 e. The van der Waals surface area contributed by atoms with Crippen molar-refractivity contribution >= 4 is 0 Å². The summed E-state index contributed by atoms with van der Waals surface area (Å²) in [5, 5.41) is 16.0. The van der Waals surface area contributed by atoms with Crippen LogP contribution in [0.1, 0.15) is 231 Å². The monoisotopic (exact) mass is 1270 g/mol. The van der Waals surface area contributed by atoms with Gasteiger partial charge in [0.25, 0.3) is 0 Å². The summed E-state index contributed by atoms with van der Waals surface area (Å²) < 4.78 is 10.7. The molecule has 11 heteroatoms. The molecule has 0 atom stereocenters. The van der Waals surface area contributed by atoms with Crippen LogP contribution in [0.5, 0.6) is 0 Å². The Hall–Kier alpha value is -7.53. The van der Waals surface area contributed by atoms with Gasteiger partial charge in [0.2, 0.25) is 0 Å². The van der Waals surface area contributed by atoms with Crippen LogP contribution in [0.15, 0.2) is 8.83 Å². The lowest BCUT2D eigenvalue weighted by Crippen LogP contribution is -1.98. The van der Waals surface area contributed by atoms with E-state index in [2.05, 4.69) is 246 Å². The summed E-state index contributed by atoms with van der Waals surface area (Å²) >= 11 is 0. The number of pyridine rings is 3.